The van der Waals surface area contributed by atoms with E-state index in [1.54, 1.807) is 18.2 Å². The summed E-state index contributed by atoms with van der Waals surface area (Å²) in [6, 6.07) is 15.4. The third-order valence-electron chi connectivity index (χ3n) is 8.23. The molecule has 0 aliphatic carbocycles. The molecule has 0 saturated heterocycles. The van der Waals surface area contributed by atoms with Gasteiger partial charge < -0.3 is 20.5 Å². The van der Waals surface area contributed by atoms with Gasteiger partial charge in [0.2, 0.25) is 5.91 Å². The van der Waals surface area contributed by atoms with Gasteiger partial charge in [-0.2, -0.15) is 0 Å². The summed E-state index contributed by atoms with van der Waals surface area (Å²) in [5.41, 5.74) is 7.58. The molecule has 0 spiro atoms. The van der Waals surface area contributed by atoms with Crippen LogP contribution in [-0.4, -0.2) is 45.9 Å². The van der Waals surface area contributed by atoms with Gasteiger partial charge in [0, 0.05) is 6.42 Å². The predicted octanol–water partition coefficient (Wildman–Crippen LogP) is 7.13. The molecule has 2 aromatic carbocycles. The van der Waals surface area contributed by atoms with Gasteiger partial charge in [-0.05, 0) is 43.4 Å². The summed E-state index contributed by atoms with van der Waals surface area (Å²) in [6.07, 6.45) is 14.4. The number of unbranched alkanes of at least 4 members (excludes halogenated alkanes) is 10. The molecular formula is C38H52N4O6. The number of benzene rings is 2. The maximum Gasteiger partial charge on any atom is 0.328 e. The third-order valence-corrected chi connectivity index (χ3v) is 8.23. The highest BCUT2D eigenvalue weighted by molar-refractivity contribution is 5.96. The van der Waals surface area contributed by atoms with Gasteiger partial charge in [-0.3, -0.25) is 19.4 Å². The molecule has 3 rings (SSSR count). The highest BCUT2D eigenvalue weighted by Gasteiger charge is 2.27. The molecule has 48 heavy (non-hydrogen) atoms. The van der Waals surface area contributed by atoms with E-state index in [0.29, 0.717) is 17.5 Å². The van der Waals surface area contributed by atoms with Crippen molar-refractivity contribution in [2.45, 2.75) is 128 Å². The van der Waals surface area contributed by atoms with Crippen LogP contribution >= 0.6 is 0 Å². The van der Waals surface area contributed by atoms with Crippen LogP contribution in [0, 0.1) is 0 Å². The summed E-state index contributed by atoms with van der Waals surface area (Å²) in [6.45, 7) is 2.37. The van der Waals surface area contributed by atoms with Crippen molar-refractivity contribution in [3.05, 3.63) is 72.1 Å². The van der Waals surface area contributed by atoms with Crippen molar-refractivity contribution in [3.63, 3.8) is 0 Å². The Morgan fingerprint density at radius 3 is 2.06 bits per heavy atom. The molecule has 2 atom stereocenters. The normalized spacial score (nSPS) is 12.3. The Balaban J connectivity index is 1.54. The lowest BCUT2D eigenvalue weighted by molar-refractivity contribution is -0.153. The Labute approximate surface area is 284 Å². The van der Waals surface area contributed by atoms with Crippen LogP contribution in [0.15, 0.2) is 60.8 Å². The van der Waals surface area contributed by atoms with Gasteiger partial charge in [0.25, 0.3) is 5.91 Å². The molecule has 0 fully saturated rings. The molecule has 0 aliphatic rings. The van der Waals surface area contributed by atoms with Crippen LogP contribution in [-0.2, 0) is 30.5 Å². The van der Waals surface area contributed by atoms with Gasteiger partial charge in [0.1, 0.15) is 24.4 Å². The molecule has 1 heterocycles. The Morgan fingerprint density at radius 2 is 1.40 bits per heavy atom. The molecule has 0 unspecified atom stereocenters. The standard InChI is InChI=1S/C38H52N4O6/c1-2-3-4-5-6-7-8-9-10-11-15-21-30(26-35(39)43)48-38(46)33(24-18-25-36(44)47-28-29-19-13-12-14-20-29)42-37(45)34-27-40-31-22-16-17-23-32(31)41-34/h12-14,16-17,19-20,22-23,27,30,33H,2-11,15,18,21,24-26,28H2,1H3,(H2,39,43)(H,42,45)/t30-,33-/m0/s1. The molecule has 0 saturated carbocycles. The molecule has 0 aliphatic heterocycles. The van der Waals surface area contributed by atoms with E-state index >= 15 is 0 Å². The van der Waals surface area contributed by atoms with Crippen molar-refractivity contribution < 1.29 is 28.7 Å². The Bertz CT molecular complexity index is 1420. The van der Waals surface area contributed by atoms with Crippen molar-refractivity contribution >= 4 is 34.8 Å². The van der Waals surface area contributed by atoms with E-state index in [-0.39, 0.29) is 38.0 Å². The second-order valence-corrected chi connectivity index (χ2v) is 12.4. The fraction of sp³-hybridized carbons (Fsp3) is 0.526. The number of esters is 2. The number of hydrogen-bond donors (Lipinski definition) is 2. The van der Waals surface area contributed by atoms with Crippen molar-refractivity contribution in [1.82, 2.24) is 15.3 Å². The Kier molecular flexibility index (Phi) is 17.7. The highest BCUT2D eigenvalue weighted by Crippen LogP contribution is 2.17. The number of carbonyl (C=O) groups excluding carboxylic acids is 4. The lowest BCUT2D eigenvalue weighted by Crippen LogP contribution is -2.43. The van der Waals surface area contributed by atoms with Gasteiger partial charge in [-0.1, -0.05) is 114 Å². The molecule has 1 aromatic heterocycles. The van der Waals surface area contributed by atoms with E-state index in [1.807, 2.05) is 36.4 Å². The number of nitrogens with zero attached hydrogens (tertiary/aromatic N) is 2. The second-order valence-electron chi connectivity index (χ2n) is 12.4. The first-order chi connectivity index (χ1) is 23.4. The zero-order valence-electron chi connectivity index (χ0n) is 28.4. The average molecular weight is 661 g/mol. The van der Waals surface area contributed by atoms with E-state index in [9.17, 15) is 19.2 Å². The summed E-state index contributed by atoms with van der Waals surface area (Å²) in [7, 11) is 0. The number of carbonyl (C=O) groups is 4. The van der Waals surface area contributed by atoms with Crippen LogP contribution in [0.25, 0.3) is 11.0 Å². The van der Waals surface area contributed by atoms with Crippen LogP contribution in [0.1, 0.15) is 126 Å². The summed E-state index contributed by atoms with van der Waals surface area (Å²) in [5, 5.41) is 2.72. The van der Waals surface area contributed by atoms with Gasteiger partial charge in [-0.25, -0.2) is 9.78 Å². The number of fused-ring (bicyclic) bond motifs is 1. The first kappa shape index (κ1) is 38.1. The number of nitrogens with two attached hydrogens (primary N) is 1. The minimum atomic E-state index is -1.08. The minimum absolute atomic E-state index is 0.0448. The lowest BCUT2D eigenvalue weighted by Gasteiger charge is -2.22. The summed E-state index contributed by atoms with van der Waals surface area (Å²) >= 11 is 0. The number of hydrogen-bond acceptors (Lipinski definition) is 8. The molecule has 10 heteroatoms. The van der Waals surface area contributed by atoms with Crippen LogP contribution in [0.2, 0.25) is 0 Å². The first-order valence-electron chi connectivity index (χ1n) is 17.6. The van der Waals surface area contributed by atoms with Crippen LogP contribution in [0.3, 0.4) is 0 Å². The zero-order chi connectivity index (χ0) is 34.4. The van der Waals surface area contributed by atoms with Gasteiger partial charge >= 0.3 is 11.9 Å². The second kappa shape index (κ2) is 22.3. The molecule has 10 nitrogen and oxygen atoms in total. The molecule has 3 N–H and O–H groups in total. The van der Waals surface area contributed by atoms with E-state index in [0.717, 1.165) is 31.2 Å². The van der Waals surface area contributed by atoms with Crippen molar-refractivity contribution in [2.75, 3.05) is 0 Å². The zero-order valence-corrected chi connectivity index (χ0v) is 28.4. The van der Waals surface area contributed by atoms with Crippen LogP contribution in [0.4, 0.5) is 0 Å². The predicted molar refractivity (Wildman–Crippen MR) is 186 cm³/mol. The topological polar surface area (TPSA) is 151 Å². The van der Waals surface area contributed by atoms with Crippen LogP contribution in [0.5, 0.6) is 0 Å². The average Bonchev–Trinajstić information content (AvgIpc) is 3.09. The maximum absolute atomic E-state index is 13.5. The Hall–Kier alpha value is -4.34. The molecule has 0 radical (unpaired) electrons. The van der Waals surface area contributed by atoms with Crippen LogP contribution < -0.4 is 11.1 Å². The number of nitrogens with one attached hydrogen (secondary N) is 1. The Morgan fingerprint density at radius 1 is 0.771 bits per heavy atom. The maximum atomic E-state index is 13.5. The molecule has 260 valence electrons. The third kappa shape index (κ3) is 15.0. The monoisotopic (exact) mass is 660 g/mol. The van der Waals surface area contributed by atoms with Crippen molar-refractivity contribution in [2.24, 2.45) is 5.73 Å². The van der Waals surface area contributed by atoms with E-state index in [4.69, 9.17) is 15.2 Å². The number of para-hydroxylation sites is 2. The summed E-state index contributed by atoms with van der Waals surface area (Å²) in [5.74, 6) is -2.27. The molecular weight excluding hydrogens is 608 g/mol. The fourth-order valence-corrected chi connectivity index (χ4v) is 5.52. The number of amides is 2. The molecule has 0 bridgehead atoms. The first-order valence-corrected chi connectivity index (χ1v) is 17.6. The minimum Gasteiger partial charge on any atom is -0.461 e. The van der Waals surface area contributed by atoms with Crippen molar-refractivity contribution in [1.29, 1.82) is 0 Å². The number of ether oxygens (including phenoxy) is 2. The van der Waals surface area contributed by atoms with Gasteiger partial charge in [0.15, 0.2) is 0 Å². The van der Waals surface area contributed by atoms with Crippen molar-refractivity contribution in [3.8, 4) is 0 Å². The summed E-state index contributed by atoms with van der Waals surface area (Å²) in [4.78, 5) is 59.6. The van der Waals surface area contributed by atoms with Gasteiger partial charge in [0.05, 0.1) is 23.7 Å². The SMILES string of the molecule is CCCCCCCCCCCCC[C@@H](CC(N)=O)OC(=O)[C@H](CCCC(=O)OCc1ccccc1)NC(=O)c1cnc2ccccc2n1. The highest BCUT2D eigenvalue weighted by atomic mass is 16.5. The summed E-state index contributed by atoms with van der Waals surface area (Å²) < 4.78 is 11.1. The quantitative estimate of drug-likeness (QED) is 0.0761. The van der Waals surface area contributed by atoms with E-state index < -0.39 is 35.9 Å². The smallest absolute Gasteiger partial charge is 0.328 e. The number of aromatic nitrogens is 2. The molecule has 2 amide bonds. The van der Waals surface area contributed by atoms with E-state index in [1.165, 1.54) is 51.1 Å². The largest absolute Gasteiger partial charge is 0.461 e. The number of primary amides is 1. The lowest BCUT2D eigenvalue weighted by atomic mass is 10.0. The molecule has 3 aromatic rings. The number of rotatable bonds is 24. The van der Waals surface area contributed by atoms with Gasteiger partial charge in [-0.15, -0.1) is 0 Å². The van der Waals surface area contributed by atoms with E-state index in [2.05, 4.69) is 22.2 Å². The fourth-order valence-electron chi connectivity index (χ4n) is 5.52.